The second-order valence-corrected chi connectivity index (χ2v) is 8.13. The van der Waals surface area contributed by atoms with Crippen LogP contribution in [-0.2, 0) is 13.1 Å². The fraction of sp³-hybridized carbons (Fsp3) is 0.217. The highest BCUT2D eigenvalue weighted by molar-refractivity contribution is 6.42. The van der Waals surface area contributed by atoms with E-state index in [4.69, 9.17) is 33.7 Å². The minimum atomic E-state index is -0.703. The summed E-state index contributed by atoms with van der Waals surface area (Å²) in [6.45, 7) is 4.22. The van der Waals surface area contributed by atoms with Gasteiger partial charge in [0.1, 0.15) is 5.75 Å². The average molecular weight is 518 g/mol. The molecule has 1 aromatic heterocycles. The minimum absolute atomic E-state index is 0.0154. The number of nitrogens with two attached hydrogens (primary N) is 1. The van der Waals surface area contributed by atoms with Crippen molar-refractivity contribution in [2.45, 2.75) is 13.1 Å². The first-order valence-electron chi connectivity index (χ1n) is 10.5. The van der Waals surface area contributed by atoms with Gasteiger partial charge < -0.3 is 21.1 Å². The number of nitrogens with one attached hydrogen (secondary N) is 2. The van der Waals surface area contributed by atoms with Crippen LogP contribution in [0.3, 0.4) is 0 Å². The third kappa shape index (κ3) is 6.87. The van der Waals surface area contributed by atoms with Gasteiger partial charge in [-0.05, 0) is 41.6 Å². The third-order valence-electron chi connectivity index (χ3n) is 4.90. The molecule has 0 spiro atoms. The molecular formula is C23H25Cl2N7O3. The number of benzene rings is 2. The lowest BCUT2D eigenvalue weighted by molar-refractivity contribution is 0.414. The maximum absolute atomic E-state index is 13.4. The van der Waals surface area contributed by atoms with Gasteiger partial charge in [0.05, 0.1) is 36.8 Å². The van der Waals surface area contributed by atoms with Crippen molar-refractivity contribution in [1.29, 1.82) is 0 Å². The summed E-state index contributed by atoms with van der Waals surface area (Å²) in [6.07, 6.45) is 1.41. The molecule has 184 valence electrons. The highest BCUT2D eigenvalue weighted by Crippen LogP contribution is 2.22. The van der Waals surface area contributed by atoms with Gasteiger partial charge in [0, 0.05) is 6.54 Å². The van der Waals surface area contributed by atoms with Crippen LogP contribution in [0.5, 0.6) is 5.75 Å². The van der Waals surface area contributed by atoms with E-state index in [1.165, 1.54) is 10.8 Å². The van der Waals surface area contributed by atoms with Gasteiger partial charge in [-0.15, -0.1) is 0 Å². The largest absolute Gasteiger partial charge is 0.497 e. The van der Waals surface area contributed by atoms with Crippen LogP contribution < -0.4 is 32.5 Å². The van der Waals surface area contributed by atoms with Gasteiger partial charge in [-0.3, -0.25) is 9.56 Å². The van der Waals surface area contributed by atoms with Crippen LogP contribution in [0.1, 0.15) is 11.1 Å². The van der Waals surface area contributed by atoms with E-state index in [9.17, 15) is 9.59 Å². The zero-order chi connectivity index (χ0) is 25.4. The van der Waals surface area contributed by atoms with E-state index in [1.54, 1.807) is 37.4 Å². The van der Waals surface area contributed by atoms with Crippen LogP contribution in [0.2, 0.25) is 10.0 Å². The molecule has 3 rings (SSSR count). The Morgan fingerprint density at radius 3 is 2.46 bits per heavy atom. The summed E-state index contributed by atoms with van der Waals surface area (Å²) in [5.41, 5.74) is 5.88. The first-order chi connectivity index (χ1) is 16.8. The number of halogens is 2. The third-order valence-corrected chi connectivity index (χ3v) is 5.64. The summed E-state index contributed by atoms with van der Waals surface area (Å²) in [6, 6.07) is 12.1. The van der Waals surface area contributed by atoms with Crippen LogP contribution in [0.4, 0.5) is 5.95 Å². The molecule has 0 saturated carbocycles. The lowest BCUT2D eigenvalue weighted by atomic mass is 10.2. The zero-order valence-corrected chi connectivity index (χ0v) is 20.5. The lowest BCUT2D eigenvalue weighted by Crippen LogP contribution is -2.43. The monoisotopic (exact) mass is 517 g/mol. The van der Waals surface area contributed by atoms with E-state index >= 15 is 0 Å². The molecular weight excluding hydrogens is 493 g/mol. The fourth-order valence-electron chi connectivity index (χ4n) is 3.17. The normalized spacial score (nSPS) is 11.2. The first kappa shape index (κ1) is 25.9. The highest BCUT2D eigenvalue weighted by Gasteiger charge is 2.15. The standard InChI is InChI=1S/C23H25Cl2N7O3/c1-3-27-20(26)28-10-11-29-21-30-22(33)32(14-16-6-9-18(24)19(25)12-16)23(34)31(21)13-15-4-7-17(35-2)8-5-15/h3-9,12H,1,10-11,13-14H2,2H3,(H3,26,27,28)(H,29,30,33). The zero-order valence-electron chi connectivity index (χ0n) is 19.0. The van der Waals surface area contributed by atoms with E-state index in [1.807, 2.05) is 12.1 Å². The van der Waals surface area contributed by atoms with Gasteiger partial charge in [-0.25, -0.2) is 14.2 Å². The first-order valence-corrected chi connectivity index (χ1v) is 11.3. The van der Waals surface area contributed by atoms with Crippen molar-refractivity contribution in [3.05, 3.63) is 97.4 Å². The Labute approximate surface area is 211 Å². The molecule has 0 radical (unpaired) electrons. The molecule has 12 heteroatoms. The maximum Gasteiger partial charge on any atom is 0.355 e. The smallest absolute Gasteiger partial charge is 0.355 e. The number of methoxy groups -OCH3 is 1. The van der Waals surface area contributed by atoms with Crippen LogP contribution in [0, 0.1) is 0 Å². The number of aromatic nitrogens is 3. The van der Waals surface area contributed by atoms with Crippen molar-refractivity contribution in [2.75, 3.05) is 25.5 Å². The molecule has 2 aromatic carbocycles. The summed E-state index contributed by atoms with van der Waals surface area (Å²) < 4.78 is 7.62. The number of nitrogens with zero attached hydrogens (tertiary/aromatic N) is 4. The van der Waals surface area contributed by atoms with Crippen molar-refractivity contribution in [3.63, 3.8) is 0 Å². The SMILES string of the molecule is C=CNC(N)=NCCNc1nc(=O)n(Cc2ccc(Cl)c(Cl)c2)c(=O)n1Cc1ccc(OC)cc1. The van der Waals surface area contributed by atoms with Gasteiger partial charge in [-0.1, -0.05) is 48.0 Å². The maximum atomic E-state index is 13.4. The Morgan fingerprint density at radius 1 is 1.11 bits per heavy atom. The summed E-state index contributed by atoms with van der Waals surface area (Å²) >= 11 is 12.1. The Balaban J connectivity index is 1.95. The Morgan fingerprint density at radius 2 is 1.80 bits per heavy atom. The summed E-state index contributed by atoms with van der Waals surface area (Å²) in [5, 5.41) is 6.37. The van der Waals surface area contributed by atoms with Gasteiger partial charge in [0.15, 0.2) is 5.96 Å². The predicted molar refractivity (Wildman–Crippen MR) is 139 cm³/mol. The van der Waals surface area contributed by atoms with Crippen molar-refractivity contribution in [3.8, 4) is 5.75 Å². The highest BCUT2D eigenvalue weighted by atomic mass is 35.5. The molecule has 1 heterocycles. The molecule has 0 fully saturated rings. The molecule has 0 atom stereocenters. The molecule has 0 unspecified atom stereocenters. The van der Waals surface area contributed by atoms with Crippen molar-refractivity contribution < 1.29 is 4.74 Å². The van der Waals surface area contributed by atoms with E-state index in [0.717, 1.165) is 10.1 Å². The molecule has 0 aliphatic carbocycles. The van der Waals surface area contributed by atoms with Gasteiger partial charge >= 0.3 is 11.4 Å². The number of ether oxygens (including phenoxy) is 1. The van der Waals surface area contributed by atoms with Crippen molar-refractivity contribution in [1.82, 2.24) is 19.4 Å². The summed E-state index contributed by atoms with van der Waals surface area (Å²) in [5.74, 6) is 1.000. The van der Waals surface area contributed by atoms with E-state index in [-0.39, 0.29) is 38.1 Å². The minimum Gasteiger partial charge on any atom is -0.497 e. The number of hydrogen-bond acceptors (Lipinski definition) is 6. The molecule has 3 aromatic rings. The Hall–Kier alpha value is -3.76. The van der Waals surface area contributed by atoms with Gasteiger partial charge in [-0.2, -0.15) is 4.98 Å². The second kappa shape index (κ2) is 12.1. The molecule has 0 aliphatic rings. The van der Waals surface area contributed by atoms with E-state index in [2.05, 4.69) is 27.2 Å². The molecule has 4 N–H and O–H groups in total. The number of rotatable bonds is 10. The van der Waals surface area contributed by atoms with Crippen LogP contribution >= 0.6 is 23.2 Å². The van der Waals surface area contributed by atoms with E-state index in [0.29, 0.717) is 21.4 Å². The second-order valence-electron chi connectivity index (χ2n) is 7.31. The quantitative estimate of drug-likeness (QED) is 0.213. The summed E-state index contributed by atoms with van der Waals surface area (Å²) in [7, 11) is 1.57. The fourth-order valence-corrected chi connectivity index (χ4v) is 3.49. The molecule has 10 nitrogen and oxygen atoms in total. The van der Waals surface area contributed by atoms with Gasteiger partial charge in [0.25, 0.3) is 0 Å². The molecule has 0 amide bonds. The number of hydrogen-bond donors (Lipinski definition) is 3. The Kier molecular flexibility index (Phi) is 8.93. The number of guanidine groups is 1. The molecule has 0 aliphatic heterocycles. The topological polar surface area (TPSA) is 129 Å². The molecule has 35 heavy (non-hydrogen) atoms. The van der Waals surface area contributed by atoms with Crippen molar-refractivity contribution in [2.24, 2.45) is 10.7 Å². The van der Waals surface area contributed by atoms with E-state index < -0.39 is 11.4 Å². The van der Waals surface area contributed by atoms with Crippen LogP contribution in [0.15, 0.2) is 69.8 Å². The Bertz CT molecular complexity index is 1330. The van der Waals surface area contributed by atoms with Crippen molar-refractivity contribution >= 4 is 35.1 Å². The average Bonchev–Trinajstić information content (AvgIpc) is 2.84. The summed E-state index contributed by atoms with van der Waals surface area (Å²) in [4.78, 5) is 34.4. The molecule has 0 bridgehead atoms. The molecule has 0 saturated heterocycles. The predicted octanol–water partition coefficient (Wildman–Crippen LogP) is 2.28. The van der Waals surface area contributed by atoms with Crippen LogP contribution in [-0.4, -0.2) is 40.3 Å². The van der Waals surface area contributed by atoms with Gasteiger partial charge in [0.2, 0.25) is 5.95 Å². The number of aliphatic imine (C=N–C) groups is 1. The van der Waals surface area contributed by atoms with Crippen LogP contribution in [0.25, 0.3) is 0 Å². The lowest BCUT2D eigenvalue weighted by Gasteiger charge is -2.16. The number of anilines is 1.